The lowest BCUT2D eigenvalue weighted by Crippen LogP contribution is -2.36. The third-order valence-corrected chi connectivity index (χ3v) is 7.21. The number of carbonyl (C=O) groups excluding carboxylic acids is 1. The third kappa shape index (κ3) is 3.39. The highest BCUT2D eigenvalue weighted by atomic mass is 16.6. The molecular formula is C31H28N2O3. The zero-order valence-electron chi connectivity index (χ0n) is 20.5. The average molecular weight is 477 g/mol. The molecule has 0 aromatic heterocycles. The molecule has 6 rings (SSSR count). The van der Waals surface area contributed by atoms with E-state index in [2.05, 4.69) is 30.1 Å². The molecule has 1 unspecified atom stereocenters. The Kier molecular flexibility index (Phi) is 5.50. The number of hydrogen-bond acceptors (Lipinski definition) is 5. The maximum absolute atomic E-state index is 13.3. The van der Waals surface area contributed by atoms with Crippen molar-refractivity contribution in [2.75, 3.05) is 18.4 Å². The molecule has 1 atom stereocenters. The van der Waals surface area contributed by atoms with Crippen molar-refractivity contribution in [2.24, 2.45) is 0 Å². The Morgan fingerprint density at radius 3 is 2.25 bits per heavy atom. The number of rotatable bonds is 6. The van der Waals surface area contributed by atoms with Crippen LogP contribution in [0.3, 0.4) is 0 Å². The summed E-state index contributed by atoms with van der Waals surface area (Å²) in [6.45, 7) is 6.79. The summed E-state index contributed by atoms with van der Waals surface area (Å²) < 4.78 is 12.9. The number of hydrogen-bond donors (Lipinski definition) is 1. The van der Waals surface area contributed by atoms with Gasteiger partial charge in [0.1, 0.15) is 11.5 Å². The average Bonchev–Trinajstić information content (AvgIpc) is 3.21. The quantitative estimate of drug-likeness (QED) is 0.309. The molecule has 0 bridgehead atoms. The van der Waals surface area contributed by atoms with Crippen LogP contribution >= 0.6 is 0 Å². The number of fused-ring (bicyclic) bond motifs is 6. The Morgan fingerprint density at radius 2 is 1.47 bits per heavy atom. The van der Waals surface area contributed by atoms with Crippen LogP contribution in [0.25, 0.3) is 0 Å². The molecule has 5 heteroatoms. The van der Waals surface area contributed by atoms with E-state index in [1.165, 1.54) is 0 Å². The van der Waals surface area contributed by atoms with Gasteiger partial charge >= 0.3 is 5.97 Å². The van der Waals surface area contributed by atoms with Crippen LogP contribution in [0, 0.1) is 0 Å². The monoisotopic (exact) mass is 476 g/mol. The summed E-state index contributed by atoms with van der Waals surface area (Å²) in [5.41, 5.74) is 5.09. The zero-order valence-corrected chi connectivity index (χ0v) is 20.5. The second-order valence-corrected chi connectivity index (χ2v) is 9.13. The van der Waals surface area contributed by atoms with Crippen LogP contribution in [0.1, 0.15) is 46.5 Å². The number of nitrogens with one attached hydrogen (secondary N) is 1. The van der Waals surface area contributed by atoms with Gasteiger partial charge in [0.2, 0.25) is 0 Å². The van der Waals surface area contributed by atoms with E-state index >= 15 is 0 Å². The summed E-state index contributed by atoms with van der Waals surface area (Å²) in [7, 11) is 0. The number of ether oxygens (including phenoxy) is 2. The minimum absolute atomic E-state index is 0.316. The first-order chi connectivity index (χ1) is 17.7. The number of esters is 1. The van der Waals surface area contributed by atoms with E-state index in [1.807, 2.05) is 84.9 Å². The number of carbonyl (C=O) groups is 1. The fraction of sp³-hybridized carbons (Fsp3) is 0.194. The minimum atomic E-state index is -1.09. The van der Waals surface area contributed by atoms with E-state index < -0.39 is 5.60 Å². The highest BCUT2D eigenvalue weighted by Gasteiger charge is 2.54. The van der Waals surface area contributed by atoms with Crippen molar-refractivity contribution < 1.29 is 14.3 Å². The van der Waals surface area contributed by atoms with Crippen molar-refractivity contribution in [3.05, 3.63) is 119 Å². The van der Waals surface area contributed by atoms with Gasteiger partial charge in [0.25, 0.3) is 0 Å². The number of anilines is 2. The van der Waals surface area contributed by atoms with E-state index in [0.717, 1.165) is 46.7 Å². The van der Waals surface area contributed by atoms with Crippen molar-refractivity contribution in [1.82, 2.24) is 4.90 Å². The van der Waals surface area contributed by atoms with Gasteiger partial charge in [-0.3, -0.25) is 4.90 Å². The lowest BCUT2D eigenvalue weighted by Gasteiger charge is -2.39. The molecule has 0 radical (unpaired) electrons. The molecule has 0 saturated carbocycles. The SMILES string of the molecule is CCN(CC)Cc1c(Nc2ccccc2)ccc2c1C1(OC(=O)c3ccccc31)c1ccccc1O2. The predicted molar refractivity (Wildman–Crippen MR) is 141 cm³/mol. The molecule has 4 aromatic carbocycles. The zero-order chi connectivity index (χ0) is 24.7. The van der Waals surface area contributed by atoms with Crippen molar-refractivity contribution in [1.29, 1.82) is 0 Å². The summed E-state index contributed by atoms with van der Waals surface area (Å²) in [5, 5.41) is 3.62. The molecule has 0 fully saturated rings. The lowest BCUT2D eigenvalue weighted by molar-refractivity contribution is 0.0219. The van der Waals surface area contributed by atoms with Crippen molar-refractivity contribution in [2.45, 2.75) is 26.0 Å². The van der Waals surface area contributed by atoms with Crippen LogP contribution in [-0.4, -0.2) is 24.0 Å². The number of benzene rings is 4. The fourth-order valence-electron chi connectivity index (χ4n) is 5.43. The summed E-state index contributed by atoms with van der Waals surface area (Å²) in [6, 6.07) is 29.7. The molecule has 2 aliphatic heterocycles. The molecule has 0 aliphatic carbocycles. The Labute approximate surface area is 211 Å². The Bertz CT molecular complexity index is 1450. The smallest absolute Gasteiger partial charge is 0.340 e. The second-order valence-electron chi connectivity index (χ2n) is 9.13. The minimum Gasteiger partial charge on any atom is -0.456 e. The molecule has 180 valence electrons. The van der Waals surface area contributed by atoms with Gasteiger partial charge in [-0.25, -0.2) is 4.79 Å². The molecule has 0 saturated heterocycles. The molecule has 2 aliphatic rings. The molecular weight excluding hydrogens is 448 g/mol. The normalized spacial score (nSPS) is 17.2. The van der Waals surface area contributed by atoms with Gasteiger partial charge in [0.05, 0.1) is 11.1 Å². The van der Waals surface area contributed by atoms with Crippen LogP contribution in [0.2, 0.25) is 0 Å². The molecule has 4 aromatic rings. The highest BCUT2D eigenvalue weighted by molar-refractivity contribution is 5.97. The van der Waals surface area contributed by atoms with E-state index in [0.29, 0.717) is 23.6 Å². The van der Waals surface area contributed by atoms with Gasteiger partial charge in [0.15, 0.2) is 5.60 Å². The van der Waals surface area contributed by atoms with Gasteiger partial charge < -0.3 is 14.8 Å². The Morgan fingerprint density at radius 1 is 0.778 bits per heavy atom. The van der Waals surface area contributed by atoms with E-state index in [1.54, 1.807) is 0 Å². The molecule has 36 heavy (non-hydrogen) atoms. The Balaban J connectivity index is 1.66. The largest absolute Gasteiger partial charge is 0.456 e. The second kappa shape index (κ2) is 8.85. The van der Waals surface area contributed by atoms with Gasteiger partial charge in [-0.05, 0) is 49.5 Å². The van der Waals surface area contributed by atoms with Crippen LogP contribution in [-0.2, 0) is 16.9 Å². The molecule has 0 amide bonds. The highest BCUT2D eigenvalue weighted by Crippen LogP contribution is 2.58. The van der Waals surface area contributed by atoms with Crippen molar-refractivity contribution in [3.8, 4) is 11.5 Å². The summed E-state index contributed by atoms with van der Waals surface area (Å²) in [6.07, 6.45) is 0. The first-order valence-corrected chi connectivity index (χ1v) is 12.5. The summed E-state index contributed by atoms with van der Waals surface area (Å²) in [5.74, 6) is 1.09. The number of nitrogens with zero attached hydrogens (tertiary/aromatic N) is 1. The third-order valence-electron chi connectivity index (χ3n) is 7.21. The standard InChI is InChI=1S/C31H28N2O3/c1-3-33(4-2)20-23-26(32-21-12-6-5-7-13-21)18-19-28-29(23)31(25-16-10-11-17-27(25)35-28)24-15-9-8-14-22(24)30(34)36-31/h5-19,32H,3-4,20H2,1-2H3. The number of para-hydroxylation sites is 2. The van der Waals surface area contributed by atoms with Crippen LogP contribution in [0.4, 0.5) is 11.4 Å². The molecule has 1 spiro atoms. The van der Waals surface area contributed by atoms with Crippen LogP contribution in [0.5, 0.6) is 11.5 Å². The van der Waals surface area contributed by atoms with Crippen molar-refractivity contribution in [3.63, 3.8) is 0 Å². The first kappa shape index (κ1) is 22.4. The van der Waals surface area contributed by atoms with Crippen LogP contribution in [0.15, 0.2) is 91.0 Å². The topological polar surface area (TPSA) is 50.8 Å². The fourth-order valence-corrected chi connectivity index (χ4v) is 5.43. The maximum Gasteiger partial charge on any atom is 0.340 e. The predicted octanol–water partition coefficient (Wildman–Crippen LogP) is 6.84. The van der Waals surface area contributed by atoms with Gasteiger partial charge in [-0.15, -0.1) is 0 Å². The molecule has 2 heterocycles. The molecule has 5 nitrogen and oxygen atoms in total. The summed E-state index contributed by atoms with van der Waals surface area (Å²) in [4.78, 5) is 15.7. The lowest BCUT2D eigenvalue weighted by atomic mass is 9.75. The Hall–Kier alpha value is -4.09. The van der Waals surface area contributed by atoms with Gasteiger partial charge in [-0.1, -0.05) is 68.4 Å². The van der Waals surface area contributed by atoms with Gasteiger partial charge in [0, 0.05) is 34.6 Å². The van der Waals surface area contributed by atoms with E-state index in [4.69, 9.17) is 9.47 Å². The summed E-state index contributed by atoms with van der Waals surface area (Å²) >= 11 is 0. The first-order valence-electron chi connectivity index (χ1n) is 12.5. The maximum atomic E-state index is 13.3. The van der Waals surface area contributed by atoms with E-state index in [-0.39, 0.29) is 5.97 Å². The van der Waals surface area contributed by atoms with Gasteiger partial charge in [-0.2, -0.15) is 0 Å². The molecule has 1 N–H and O–H groups in total. The van der Waals surface area contributed by atoms with Crippen molar-refractivity contribution >= 4 is 17.3 Å². The van der Waals surface area contributed by atoms with Crippen LogP contribution < -0.4 is 10.1 Å². The van der Waals surface area contributed by atoms with E-state index in [9.17, 15) is 4.79 Å².